The molecule has 0 aromatic carbocycles. The van der Waals surface area contributed by atoms with Gasteiger partial charge < -0.3 is 10.2 Å². The molecule has 0 spiro atoms. The van der Waals surface area contributed by atoms with E-state index in [1.807, 2.05) is 0 Å². The van der Waals surface area contributed by atoms with Gasteiger partial charge in [0.15, 0.2) is 0 Å². The molecule has 4 rings (SSSR count). The second-order valence-corrected chi connectivity index (χ2v) is 12.2. The number of aliphatic hydroxyl groups is 2. The van der Waals surface area contributed by atoms with Crippen LogP contribution in [-0.2, 0) is 0 Å². The average molecular weight is 399 g/mol. The fourth-order valence-electron chi connectivity index (χ4n) is 7.50. The Morgan fingerprint density at radius 2 is 2.00 bits per heavy atom. The van der Waals surface area contributed by atoms with E-state index in [0.29, 0.717) is 23.2 Å². The third-order valence-corrected chi connectivity index (χ3v) is 9.02. The predicted octanol–water partition coefficient (Wildman–Crippen LogP) is 5.73. The van der Waals surface area contributed by atoms with Crippen LogP contribution in [0.15, 0.2) is 11.6 Å². The molecule has 4 aliphatic rings. The first kappa shape index (κ1) is 21.5. The van der Waals surface area contributed by atoms with Gasteiger partial charge in [-0.2, -0.15) is 0 Å². The van der Waals surface area contributed by atoms with Gasteiger partial charge in [-0.1, -0.05) is 31.4 Å². The van der Waals surface area contributed by atoms with E-state index in [1.54, 1.807) is 0 Å². The van der Waals surface area contributed by atoms with Gasteiger partial charge in [-0.3, -0.25) is 0 Å². The van der Waals surface area contributed by atoms with Crippen molar-refractivity contribution in [1.29, 1.82) is 0 Å². The van der Waals surface area contributed by atoms with Crippen molar-refractivity contribution in [2.45, 2.75) is 105 Å². The molecule has 1 unspecified atom stereocenters. The van der Waals surface area contributed by atoms with Crippen LogP contribution in [0.1, 0.15) is 92.4 Å². The fourth-order valence-corrected chi connectivity index (χ4v) is 7.50. The van der Waals surface area contributed by atoms with Gasteiger partial charge in [-0.25, -0.2) is 0 Å². The highest BCUT2D eigenvalue weighted by Gasteiger charge is 2.63. The number of hydrogen-bond acceptors (Lipinski definition) is 2. The molecule has 0 aromatic rings. The minimum Gasteiger partial charge on any atom is -0.393 e. The van der Waals surface area contributed by atoms with Crippen LogP contribution in [0.3, 0.4) is 0 Å². The molecular formula is C27H42O2. The summed E-state index contributed by atoms with van der Waals surface area (Å²) in [6.45, 7) is 11.5. The third kappa shape index (κ3) is 3.95. The van der Waals surface area contributed by atoms with Crippen molar-refractivity contribution in [3.8, 4) is 11.8 Å². The lowest BCUT2D eigenvalue weighted by molar-refractivity contribution is 0.0874. The lowest BCUT2D eigenvalue weighted by Gasteiger charge is -2.44. The monoisotopic (exact) mass is 398 g/mol. The Morgan fingerprint density at radius 3 is 2.66 bits per heavy atom. The molecule has 2 heteroatoms. The highest BCUT2D eigenvalue weighted by molar-refractivity contribution is 5.25. The Morgan fingerprint density at radius 1 is 1.24 bits per heavy atom. The molecule has 29 heavy (non-hydrogen) atoms. The minimum atomic E-state index is -0.351. The lowest BCUT2D eigenvalue weighted by atomic mass is 9.60. The van der Waals surface area contributed by atoms with Crippen molar-refractivity contribution in [1.82, 2.24) is 0 Å². The van der Waals surface area contributed by atoms with Crippen LogP contribution in [0.25, 0.3) is 0 Å². The molecule has 8 atom stereocenters. The van der Waals surface area contributed by atoms with E-state index in [0.717, 1.165) is 38.0 Å². The maximum absolute atomic E-state index is 11.1. The summed E-state index contributed by atoms with van der Waals surface area (Å²) >= 11 is 0. The normalized spacial score (nSPS) is 44.6. The van der Waals surface area contributed by atoms with E-state index < -0.39 is 0 Å². The Balaban J connectivity index is 1.47. The average Bonchev–Trinajstić information content (AvgIpc) is 3.01. The number of rotatable bonds is 4. The molecule has 4 fully saturated rings. The number of hydrogen-bond donors (Lipinski definition) is 2. The van der Waals surface area contributed by atoms with Gasteiger partial charge in [0, 0.05) is 17.3 Å². The summed E-state index contributed by atoms with van der Waals surface area (Å²) in [4.78, 5) is 0. The highest BCUT2D eigenvalue weighted by Crippen LogP contribution is 2.66. The Labute approximate surface area is 178 Å². The van der Waals surface area contributed by atoms with Gasteiger partial charge in [0.25, 0.3) is 0 Å². The van der Waals surface area contributed by atoms with Gasteiger partial charge in [0.05, 0.1) is 12.2 Å². The minimum absolute atomic E-state index is 0.00804. The molecule has 0 radical (unpaired) electrons. The molecular weight excluding hydrogens is 356 g/mol. The van der Waals surface area contributed by atoms with E-state index in [4.69, 9.17) is 0 Å². The fraction of sp³-hybridized carbons (Fsp3) is 0.852. The van der Waals surface area contributed by atoms with Crippen LogP contribution >= 0.6 is 0 Å². The largest absolute Gasteiger partial charge is 0.393 e. The first-order chi connectivity index (χ1) is 13.6. The predicted molar refractivity (Wildman–Crippen MR) is 119 cm³/mol. The van der Waals surface area contributed by atoms with Crippen LogP contribution < -0.4 is 0 Å². The summed E-state index contributed by atoms with van der Waals surface area (Å²) in [6, 6.07) is 0. The zero-order valence-electron chi connectivity index (χ0n) is 19.3. The summed E-state index contributed by atoms with van der Waals surface area (Å²) < 4.78 is 0. The van der Waals surface area contributed by atoms with Crippen LogP contribution in [0.2, 0.25) is 0 Å². The second-order valence-electron chi connectivity index (χ2n) is 12.2. The molecule has 162 valence electrons. The summed E-state index contributed by atoms with van der Waals surface area (Å²) in [6.07, 6.45) is 11.8. The van der Waals surface area contributed by atoms with Crippen molar-refractivity contribution < 1.29 is 10.2 Å². The van der Waals surface area contributed by atoms with Crippen LogP contribution in [0, 0.1) is 51.8 Å². The Kier molecular flexibility index (Phi) is 5.49. The summed E-state index contributed by atoms with van der Waals surface area (Å²) in [5.41, 5.74) is 1.99. The van der Waals surface area contributed by atoms with Gasteiger partial charge >= 0.3 is 0 Å². The first-order valence-electron chi connectivity index (χ1n) is 12.1. The van der Waals surface area contributed by atoms with Gasteiger partial charge in [-0.05, 0) is 101 Å². The number of aliphatic hydroxyl groups excluding tert-OH is 2. The molecule has 4 aliphatic carbocycles. The van der Waals surface area contributed by atoms with Crippen LogP contribution in [0.5, 0.6) is 0 Å². The van der Waals surface area contributed by atoms with E-state index >= 15 is 0 Å². The van der Waals surface area contributed by atoms with Gasteiger partial charge in [-0.15, -0.1) is 5.92 Å². The quantitative estimate of drug-likeness (QED) is 0.469. The van der Waals surface area contributed by atoms with E-state index in [1.165, 1.54) is 31.3 Å². The van der Waals surface area contributed by atoms with Crippen molar-refractivity contribution in [3.05, 3.63) is 11.6 Å². The zero-order chi connectivity index (χ0) is 21.0. The van der Waals surface area contributed by atoms with Crippen LogP contribution in [-0.4, -0.2) is 22.4 Å². The molecule has 0 aromatic heterocycles. The maximum atomic E-state index is 11.1. The SMILES string of the molecule is C[C@H](CC#CC(C)(C)C)[C@H]1CC[C@@H]2/C(=C/C(O)[C@@]34C[C@@H](O)C[C@@H]3C4)CCC[C@@]21C. The van der Waals surface area contributed by atoms with Crippen molar-refractivity contribution >= 4 is 0 Å². The first-order valence-corrected chi connectivity index (χ1v) is 12.1. The van der Waals surface area contributed by atoms with Gasteiger partial charge in [0.1, 0.15) is 0 Å². The van der Waals surface area contributed by atoms with E-state index in [2.05, 4.69) is 52.5 Å². The Bertz CT molecular complexity index is 719. The van der Waals surface area contributed by atoms with E-state index in [9.17, 15) is 10.2 Å². The molecule has 4 saturated carbocycles. The molecule has 0 aliphatic heterocycles. The molecule has 2 nitrogen and oxygen atoms in total. The molecule has 0 amide bonds. The van der Waals surface area contributed by atoms with Crippen LogP contribution in [0.4, 0.5) is 0 Å². The topological polar surface area (TPSA) is 40.5 Å². The maximum Gasteiger partial charge on any atom is 0.0783 e. The smallest absolute Gasteiger partial charge is 0.0783 e. The molecule has 0 bridgehead atoms. The van der Waals surface area contributed by atoms with Gasteiger partial charge in [0.2, 0.25) is 0 Å². The summed E-state index contributed by atoms with van der Waals surface area (Å²) in [5.74, 6) is 9.47. The lowest BCUT2D eigenvalue weighted by Crippen LogP contribution is -2.36. The van der Waals surface area contributed by atoms with Crippen molar-refractivity contribution in [2.75, 3.05) is 0 Å². The van der Waals surface area contributed by atoms with E-state index in [-0.39, 0.29) is 23.0 Å². The molecule has 0 saturated heterocycles. The summed E-state index contributed by atoms with van der Waals surface area (Å²) in [7, 11) is 0. The summed E-state index contributed by atoms with van der Waals surface area (Å²) in [5, 5.41) is 21.1. The number of fused-ring (bicyclic) bond motifs is 2. The highest BCUT2D eigenvalue weighted by atomic mass is 16.3. The number of allylic oxidation sites excluding steroid dienone is 1. The Hall–Kier alpha value is -0.780. The zero-order valence-corrected chi connectivity index (χ0v) is 19.3. The second kappa shape index (κ2) is 7.42. The standard InChI is InChI=1S/C27H42O2/c1-18(8-6-12-25(2,3)4)22-10-11-23-19(9-7-13-26(22,23)5)14-24(29)27-16-20(27)15-21(28)17-27/h14,18,20-24,28-29H,7-11,13,15-17H2,1-5H3/b19-14+/t18-,20-,21+,22-,23-,24?,26-,27+/m1/s1. The third-order valence-electron chi connectivity index (χ3n) is 9.02. The van der Waals surface area contributed by atoms with Crippen molar-refractivity contribution in [3.63, 3.8) is 0 Å². The molecule has 2 N–H and O–H groups in total. The van der Waals surface area contributed by atoms with Crippen molar-refractivity contribution in [2.24, 2.45) is 39.9 Å². The molecule has 0 heterocycles.